The maximum atomic E-state index is 12.5. The molecule has 1 N–H and O–H groups in total. The lowest BCUT2D eigenvalue weighted by Crippen LogP contribution is -2.41. The minimum absolute atomic E-state index is 0.0777. The molecule has 1 aromatic heterocycles. The first kappa shape index (κ1) is 18.1. The summed E-state index contributed by atoms with van der Waals surface area (Å²) in [5.41, 5.74) is 3.40. The Morgan fingerprint density at radius 3 is 2.58 bits per heavy atom. The summed E-state index contributed by atoms with van der Waals surface area (Å²) in [5, 5.41) is 2.86. The number of nitrogens with one attached hydrogen (secondary N) is 1. The van der Waals surface area contributed by atoms with E-state index in [0.29, 0.717) is 37.9 Å². The number of hydrogen-bond acceptors (Lipinski definition) is 5. The lowest BCUT2D eigenvalue weighted by atomic mass is 10.1. The highest BCUT2D eigenvalue weighted by Gasteiger charge is 2.19. The average Bonchev–Trinajstić information content (AvgIpc) is 2.61. The second-order valence-electron chi connectivity index (χ2n) is 6.57. The molecule has 2 heterocycles. The zero-order valence-corrected chi connectivity index (χ0v) is 15.4. The van der Waals surface area contributed by atoms with Crippen LogP contribution >= 0.6 is 0 Å². The van der Waals surface area contributed by atoms with Gasteiger partial charge in [-0.1, -0.05) is 6.07 Å². The topological polar surface area (TPSA) is 76.5 Å². The maximum Gasteiger partial charge on any atom is 0.255 e. The molecule has 0 bridgehead atoms. The summed E-state index contributed by atoms with van der Waals surface area (Å²) >= 11 is 0. The summed E-state index contributed by atoms with van der Waals surface area (Å²) in [5.74, 6) is 0.268. The molecule has 1 aliphatic rings. The Hall–Kier alpha value is -2.67. The number of amides is 1. The molecule has 0 atom stereocenters. The van der Waals surface area contributed by atoms with Gasteiger partial charge < -0.3 is 15.0 Å². The normalized spacial score (nSPS) is 14.3. The lowest BCUT2D eigenvalue weighted by Gasteiger charge is -2.29. The number of hydrogen-bond donors (Lipinski definition) is 1. The molecule has 0 unspecified atom stereocenters. The molecular formula is C19H24N4O3. The van der Waals surface area contributed by atoms with Crippen LogP contribution in [0.25, 0.3) is 0 Å². The zero-order chi connectivity index (χ0) is 18.7. The molecule has 2 aromatic rings. The Bertz CT molecular complexity index is 870. The molecule has 1 aromatic carbocycles. The molecule has 1 saturated heterocycles. The molecule has 1 aliphatic heterocycles. The summed E-state index contributed by atoms with van der Waals surface area (Å²) < 4.78 is 6.79. The predicted molar refractivity (Wildman–Crippen MR) is 101 cm³/mol. The highest BCUT2D eigenvalue weighted by atomic mass is 16.5. The fourth-order valence-electron chi connectivity index (χ4n) is 2.92. The van der Waals surface area contributed by atoms with Crippen molar-refractivity contribution in [1.29, 1.82) is 0 Å². The van der Waals surface area contributed by atoms with Crippen molar-refractivity contribution in [3.05, 3.63) is 51.4 Å². The molecule has 26 heavy (non-hydrogen) atoms. The highest BCUT2D eigenvalue weighted by molar-refractivity contribution is 5.90. The van der Waals surface area contributed by atoms with Crippen molar-refractivity contribution in [2.45, 2.75) is 27.3 Å². The first-order valence-electron chi connectivity index (χ1n) is 8.72. The summed E-state index contributed by atoms with van der Waals surface area (Å²) in [4.78, 5) is 31.5. The fraction of sp³-hybridized carbons (Fsp3) is 0.421. The quantitative estimate of drug-likeness (QED) is 0.901. The molecule has 1 fully saturated rings. The van der Waals surface area contributed by atoms with Gasteiger partial charge in [-0.05, 0) is 44.0 Å². The van der Waals surface area contributed by atoms with Gasteiger partial charge >= 0.3 is 0 Å². The summed E-state index contributed by atoms with van der Waals surface area (Å²) in [6.07, 6.45) is 0. The van der Waals surface area contributed by atoms with Crippen LogP contribution in [0.15, 0.2) is 29.1 Å². The molecular weight excluding hydrogens is 332 g/mol. The van der Waals surface area contributed by atoms with Gasteiger partial charge in [0.15, 0.2) is 0 Å². The van der Waals surface area contributed by atoms with Gasteiger partial charge in [0.2, 0.25) is 11.9 Å². The predicted octanol–water partition coefficient (Wildman–Crippen LogP) is 1.64. The minimum atomic E-state index is -0.254. The smallest absolute Gasteiger partial charge is 0.255 e. The summed E-state index contributed by atoms with van der Waals surface area (Å²) in [6.45, 7) is 8.18. The fourth-order valence-corrected chi connectivity index (χ4v) is 2.92. The van der Waals surface area contributed by atoms with Crippen molar-refractivity contribution in [2.24, 2.45) is 0 Å². The van der Waals surface area contributed by atoms with Gasteiger partial charge in [-0.2, -0.15) is 0 Å². The van der Waals surface area contributed by atoms with E-state index in [2.05, 4.69) is 10.3 Å². The van der Waals surface area contributed by atoms with Crippen LogP contribution in [0.1, 0.15) is 16.8 Å². The molecule has 7 nitrogen and oxygen atoms in total. The third-order valence-electron chi connectivity index (χ3n) is 4.50. The van der Waals surface area contributed by atoms with Crippen molar-refractivity contribution in [2.75, 3.05) is 36.5 Å². The van der Waals surface area contributed by atoms with E-state index in [9.17, 15) is 9.59 Å². The van der Waals surface area contributed by atoms with Gasteiger partial charge in [-0.3, -0.25) is 14.2 Å². The number of ether oxygens (including phenoxy) is 1. The van der Waals surface area contributed by atoms with Crippen molar-refractivity contribution < 1.29 is 9.53 Å². The van der Waals surface area contributed by atoms with Crippen LogP contribution in [0.4, 0.5) is 11.6 Å². The minimum Gasteiger partial charge on any atom is -0.378 e. The number of benzene rings is 1. The summed E-state index contributed by atoms with van der Waals surface area (Å²) in [6, 6.07) is 7.20. The molecule has 7 heteroatoms. The number of nitrogens with zero attached hydrogens (tertiary/aromatic N) is 3. The van der Waals surface area contributed by atoms with Crippen molar-refractivity contribution in [3.8, 4) is 0 Å². The van der Waals surface area contributed by atoms with Crippen LogP contribution in [0, 0.1) is 20.8 Å². The SMILES string of the molecule is Cc1cc(=O)n(CC(=O)Nc2ccc(C)c(C)c2)c(N2CCOCC2)n1. The van der Waals surface area contributed by atoms with Gasteiger partial charge in [0.1, 0.15) is 6.54 Å². The summed E-state index contributed by atoms with van der Waals surface area (Å²) in [7, 11) is 0. The number of carbonyl (C=O) groups excluding carboxylic acids is 1. The van der Waals surface area contributed by atoms with E-state index in [4.69, 9.17) is 4.74 Å². The number of anilines is 2. The largest absolute Gasteiger partial charge is 0.378 e. The number of aryl methyl sites for hydroxylation is 3. The Kier molecular flexibility index (Phi) is 5.37. The highest BCUT2D eigenvalue weighted by Crippen LogP contribution is 2.15. The van der Waals surface area contributed by atoms with Gasteiger partial charge in [-0.25, -0.2) is 4.98 Å². The third-order valence-corrected chi connectivity index (χ3v) is 4.50. The number of morpholine rings is 1. The number of rotatable bonds is 4. The van der Waals surface area contributed by atoms with Crippen LogP contribution in [0.5, 0.6) is 0 Å². The zero-order valence-electron chi connectivity index (χ0n) is 15.4. The lowest BCUT2D eigenvalue weighted by molar-refractivity contribution is -0.116. The standard InChI is InChI=1S/C19H24N4O3/c1-13-4-5-16(10-14(13)2)21-17(24)12-23-18(25)11-15(3)20-19(23)22-6-8-26-9-7-22/h4-5,10-11H,6-9,12H2,1-3H3,(H,21,24). The molecule has 138 valence electrons. The van der Waals surface area contributed by atoms with Gasteiger partial charge in [0, 0.05) is 30.5 Å². The first-order valence-corrected chi connectivity index (χ1v) is 8.72. The molecule has 0 radical (unpaired) electrons. The maximum absolute atomic E-state index is 12.5. The van der Waals surface area contributed by atoms with Crippen LogP contribution in [-0.2, 0) is 16.1 Å². The first-order chi connectivity index (χ1) is 12.4. The molecule has 1 amide bonds. The van der Waals surface area contributed by atoms with E-state index >= 15 is 0 Å². The van der Waals surface area contributed by atoms with E-state index in [-0.39, 0.29) is 18.0 Å². The van der Waals surface area contributed by atoms with Gasteiger partial charge in [0.05, 0.1) is 13.2 Å². The second-order valence-corrected chi connectivity index (χ2v) is 6.57. The Labute approximate surface area is 152 Å². The Morgan fingerprint density at radius 1 is 1.15 bits per heavy atom. The number of carbonyl (C=O) groups is 1. The van der Waals surface area contributed by atoms with Crippen molar-refractivity contribution >= 4 is 17.5 Å². The molecule has 0 saturated carbocycles. The van der Waals surface area contributed by atoms with E-state index in [1.807, 2.05) is 36.9 Å². The molecule has 0 spiro atoms. The second kappa shape index (κ2) is 7.70. The van der Waals surface area contributed by atoms with E-state index < -0.39 is 0 Å². The van der Waals surface area contributed by atoms with Gasteiger partial charge in [-0.15, -0.1) is 0 Å². The van der Waals surface area contributed by atoms with E-state index in [1.165, 1.54) is 10.6 Å². The molecule has 0 aliphatic carbocycles. The van der Waals surface area contributed by atoms with E-state index in [1.54, 1.807) is 6.92 Å². The van der Waals surface area contributed by atoms with Gasteiger partial charge in [0.25, 0.3) is 5.56 Å². The van der Waals surface area contributed by atoms with Crippen LogP contribution in [0.3, 0.4) is 0 Å². The average molecular weight is 356 g/mol. The Morgan fingerprint density at radius 2 is 1.88 bits per heavy atom. The van der Waals surface area contributed by atoms with Crippen molar-refractivity contribution in [1.82, 2.24) is 9.55 Å². The molecule has 3 rings (SSSR count). The van der Waals surface area contributed by atoms with Crippen LogP contribution < -0.4 is 15.8 Å². The van der Waals surface area contributed by atoms with E-state index in [0.717, 1.165) is 16.8 Å². The van der Waals surface area contributed by atoms with Crippen LogP contribution in [-0.4, -0.2) is 41.8 Å². The van der Waals surface area contributed by atoms with Crippen molar-refractivity contribution in [3.63, 3.8) is 0 Å². The number of aromatic nitrogens is 2. The van der Waals surface area contributed by atoms with Crippen LogP contribution in [0.2, 0.25) is 0 Å². The monoisotopic (exact) mass is 356 g/mol. The third kappa shape index (κ3) is 4.11. The Balaban J connectivity index is 1.82.